The predicted molar refractivity (Wildman–Crippen MR) is 91.0 cm³/mol. The first-order chi connectivity index (χ1) is 12.8. The Hall–Kier alpha value is -3.24. The first kappa shape index (κ1) is 21.8. The molecule has 0 unspecified atom stereocenters. The minimum atomic E-state index is -1.18. The lowest BCUT2D eigenvalue weighted by molar-refractivity contribution is -0.138. The van der Waals surface area contributed by atoms with Crippen molar-refractivity contribution in [1.29, 1.82) is 0 Å². The molecular weight excluding hydrogens is 360 g/mol. The first-order valence-electron chi connectivity index (χ1n) is 8.35. The molecule has 148 valence electrons. The molecule has 0 aliphatic carbocycles. The zero-order chi connectivity index (χ0) is 20.2. The highest BCUT2D eigenvalue weighted by molar-refractivity contribution is 6.12. The van der Waals surface area contributed by atoms with Gasteiger partial charge < -0.3 is 21.1 Å². The largest absolute Gasteiger partial charge is 0.480 e. The van der Waals surface area contributed by atoms with Gasteiger partial charge in [-0.15, -0.1) is 0 Å². The van der Waals surface area contributed by atoms with Crippen LogP contribution in [0.5, 0.6) is 0 Å². The van der Waals surface area contributed by atoms with E-state index in [2.05, 4.69) is 16.0 Å². The van der Waals surface area contributed by atoms with Crippen LogP contribution in [-0.2, 0) is 28.8 Å². The van der Waals surface area contributed by atoms with Crippen molar-refractivity contribution in [3.05, 3.63) is 12.2 Å². The van der Waals surface area contributed by atoms with Crippen molar-refractivity contribution in [3.8, 4) is 0 Å². The summed E-state index contributed by atoms with van der Waals surface area (Å²) >= 11 is 0. The molecule has 1 aliphatic rings. The number of carboxylic acid groups (broad SMARTS) is 1. The molecule has 0 saturated carbocycles. The molecule has 11 heteroatoms. The summed E-state index contributed by atoms with van der Waals surface area (Å²) in [6.45, 7) is -0.567. The van der Waals surface area contributed by atoms with Gasteiger partial charge in [0.1, 0.15) is 6.54 Å². The third-order valence-electron chi connectivity index (χ3n) is 3.50. The molecule has 4 N–H and O–H groups in total. The van der Waals surface area contributed by atoms with Crippen LogP contribution in [0.15, 0.2) is 12.2 Å². The van der Waals surface area contributed by atoms with E-state index >= 15 is 0 Å². The molecule has 11 nitrogen and oxygen atoms in total. The number of carbonyl (C=O) groups excluding carboxylic acids is 5. The maximum Gasteiger partial charge on any atom is 0.322 e. The Morgan fingerprint density at radius 1 is 0.815 bits per heavy atom. The fourth-order valence-electron chi connectivity index (χ4n) is 2.12. The normalized spacial score (nSPS) is 12.8. The van der Waals surface area contributed by atoms with Crippen LogP contribution in [-0.4, -0.2) is 71.7 Å². The molecule has 0 saturated heterocycles. The highest BCUT2D eigenvalue weighted by Gasteiger charge is 2.22. The molecule has 1 heterocycles. The molecule has 0 aromatic heterocycles. The summed E-state index contributed by atoms with van der Waals surface area (Å²) in [6, 6.07) is 0. The van der Waals surface area contributed by atoms with Gasteiger partial charge in [0.05, 0.1) is 6.54 Å². The van der Waals surface area contributed by atoms with E-state index in [-0.39, 0.29) is 44.3 Å². The fraction of sp³-hybridized carbons (Fsp3) is 0.500. The Morgan fingerprint density at radius 3 is 1.89 bits per heavy atom. The van der Waals surface area contributed by atoms with Gasteiger partial charge in [0.15, 0.2) is 0 Å². The SMILES string of the molecule is O=C(O)CNC(=O)CNC(=O)CCCCC(=O)NCCN1C(=O)C=CC1=O. The van der Waals surface area contributed by atoms with E-state index in [0.29, 0.717) is 12.8 Å². The topological polar surface area (TPSA) is 162 Å². The van der Waals surface area contributed by atoms with Crippen molar-refractivity contribution in [3.63, 3.8) is 0 Å². The van der Waals surface area contributed by atoms with E-state index in [1.165, 1.54) is 12.2 Å². The smallest absolute Gasteiger partial charge is 0.322 e. The predicted octanol–water partition coefficient (Wildman–Crippen LogP) is -2.09. The molecule has 0 aromatic rings. The van der Waals surface area contributed by atoms with Crippen LogP contribution in [0.25, 0.3) is 0 Å². The molecule has 0 atom stereocenters. The van der Waals surface area contributed by atoms with Crippen molar-refractivity contribution >= 4 is 35.5 Å². The molecule has 5 amide bonds. The van der Waals surface area contributed by atoms with Gasteiger partial charge in [0.25, 0.3) is 11.8 Å². The van der Waals surface area contributed by atoms with Crippen molar-refractivity contribution < 1.29 is 33.9 Å². The Labute approximate surface area is 155 Å². The molecule has 0 bridgehead atoms. The lowest BCUT2D eigenvalue weighted by Gasteiger charge is -2.13. The van der Waals surface area contributed by atoms with Crippen molar-refractivity contribution in [2.45, 2.75) is 25.7 Å². The van der Waals surface area contributed by atoms with E-state index < -0.39 is 30.2 Å². The average molecular weight is 382 g/mol. The van der Waals surface area contributed by atoms with Crippen LogP contribution in [0, 0.1) is 0 Å². The molecule has 0 fully saturated rings. The Bertz CT molecular complexity index is 627. The number of carbonyl (C=O) groups is 6. The Balaban J connectivity index is 2.03. The zero-order valence-corrected chi connectivity index (χ0v) is 14.7. The summed E-state index contributed by atoms with van der Waals surface area (Å²) in [4.78, 5) is 68.3. The van der Waals surface area contributed by atoms with Crippen LogP contribution >= 0.6 is 0 Å². The molecule has 0 spiro atoms. The molecule has 0 aromatic carbocycles. The van der Waals surface area contributed by atoms with Crippen molar-refractivity contribution in [2.24, 2.45) is 0 Å². The summed E-state index contributed by atoms with van der Waals surface area (Å²) < 4.78 is 0. The number of imide groups is 1. The Morgan fingerprint density at radius 2 is 1.33 bits per heavy atom. The van der Waals surface area contributed by atoms with E-state index in [1.54, 1.807) is 0 Å². The summed E-state index contributed by atoms with van der Waals surface area (Å²) in [6.07, 6.45) is 3.54. The van der Waals surface area contributed by atoms with Crippen LogP contribution in [0.1, 0.15) is 25.7 Å². The molecular formula is C16H22N4O7. The van der Waals surface area contributed by atoms with Gasteiger partial charge >= 0.3 is 5.97 Å². The minimum absolute atomic E-state index is 0.1000. The number of carboxylic acids is 1. The first-order valence-corrected chi connectivity index (χ1v) is 8.35. The standard InChI is InChI=1S/C16H22N4O7/c21-11(17-7-8-20-14(24)5-6-15(20)25)3-1-2-4-12(22)18-9-13(23)19-10-16(26)27/h5-6H,1-4,7-10H2,(H,17,21)(H,18,22)(H,19,23)(H,26,27). The van der Waals surface area contributed by atoms with E-state index in [1.807, 2.05) is 0 Å². The average Bonchev–Trinajstić information content (AvgIpc) is 2.93. The van der Waals surface area contributed by atoms with Gasteiger partial charge in [-0.2, -0.15) is 0 Å². The quantitative estimate of drug-likeness (QED) is 0.222. The van der Waals surface area contributed by atoms with Crippen LogP contribution in [0.4, 0.5) is 0 Å². The maximum absolute atomic E-state index is 11.6. The fourth-order valence-corrected chi connectivity index (χ4v) is 2.12. The number of aliphatic carboxylic acids is 1. The molecule has 0 radical (unpaired) electrons. The van der Waals surface area contributed by atoms with Crippen LogP contribution in [0.3, 0.4) is 0 Å². The van der Waals surface area contributed by atoms with E-state index in [4.69, 9.17) is 5.11 Å². The van der Waals surface area contributed by atoms with Gasteiger partial charge in [-0.05, 0) is 12.8 Å². The van der Waals surface area contributed by atoms with Gasteiger partial charge in [0, 0.05) is 38.1 Å². The van der Waals surface area contributed by atoms with E-state index in [0.717, 1.165) is 4.90 Å². The zero-order valence-electron chi connectivity index (χ0n) is 14.7. The summed E-state index contributed by atoms with van der Waals surface area (Å²) in [5, 5.41) is 15.4. The van der Waals surface area contributed by atoms with Gasteiger partial charge in [0.2, 0.25) is 17.7 Å². The summed E-state index contributed by atoms with van der Waals surface area (Å²) in [7, 11) is 0. The highest BCUT2D eigenvalue weighted by atomic mass is 16.4. The molecule has 27 heavy (non-hydrogen) atoms. The maximum atomic E-state index is 11.6. The monoisotopic (exact) mass is 382 g/mol. The lowest BCUT2D eigenvalue weighted by atomic mass is 10.2. The second kappa shape index (κ2) is 11.4. The van der Waals surface area contributed by atoms with Crippen LogP contribution < -0.4 is 16.0 Å². The molecule has 1 rings (SSSR count). The number of rotatable bonds is 12. The minimum Gasteiger partial charge on any atom is -0.480 e. The highest BCUT2D eigenvalue weighted by Crippen LogP contribution is 2.02. The second-order valence-corrected chi connectivity index (χ2v) is 5.67. The van der Waals surface area contributed by atoms with Crippen LogP contribution in [0.2, 0.25) is 0 Å². The number of unbranched alkanes of at least 4 members (excludes halogenated alkanes) is 1. The third-order valence-corrected chi connectivity index (χ3v) is 3.50. The van der Waals surface area contributed by atoms with Crippen molar-refractivity contribution in [2.75, 3.05) is 26.2 Å². The number of amides is 5. The van der Waals surface area contributed by atoms with Crippen molar-refractivity contribution in [1.82, 2.24) is 20.9 Å². The third kappa shape index (κ3) is 9.14. The number of nitrogens with one attached hydrogen (secondary N) is 3. The summed E-state index contributed by atoms with van der Waals surface area (Å²) in [5.74, 6) is -3.22. The second-order valence-electron chi connectivity index (χ2n) is 5.67. The number of hydrogen-bond donors (Lipinski definition) is 4. The van der Waals surface area contributed by atoms with E-state index in [9.17, 15) is 28.8 Å². The summed E-state index contributed by atoms with van der Waals surface area (Å²) in [5.41, 5.74) is 0. The van der Waals surface area contributed by atoms with Gasteiger partial charge in [-0.1, -0.05) is 0 Å². The Kier molecular flexibility index (Phi) is 9.20. The molecule has 1 aliphatic heterocycles. The van der Waals surface area contributed by atoms with Gasteiger partial charge in [-0.25, -0.2) is 0 Å². The van der Waals surface area contributed by atoms with Gasteiger partial charge in [-0.3, -0.25) is 33.7 Å². The lowest BCUT2D eigenvalue weighted by Crippen LogP contribution is -2.39. The number of hydrogen-bond acceptors (Lipinski definition) is 6. The number of nitrogens with zero attached hydrogens (tertiary/aromatic N) is 1.